The molecule has 1 saturated heterocycles. The fourth-order valence-electron chi connectivity index (χ4n) is 5.55. The van der Waals surface area contributed by atoms with E-state index in [-0.39, 0.29) is 5.91 Å². The van der Waals surface area contributed by atoms with E-state index in [4.69, 9.17) is 0 Å². The van der Waals surface area contributed by atoms with Crippen LogP contribution in [0.4, 0.5) is 5.82 Å². The van der Waals surface area contributed by atoms with Crippen LogP contribution in [0.1, 0.15) is 88.6 Å². The Morgan fingerprint density at radius 1 is 1.10 bits per heavy atom. The van der Waals surface area contributed by atoms with E-state index in [9.17, 15) is 9.90 Å². The van der Waals surface area contributed by atoms with Crippen molar-refractivity contribution < 1.29 is 9.90 Å². The molecule has 2 aliphatic carbocycles. The number of rotatable bonds is 6. The molecule has 3 aliphatic rings. The second-order valence-electron chi connectivity index (χ2n) is 9.91. The quantitative estimate of drug-likeness (QED) is 0.735. The lowest BCUT2D eigenvalue weighted by Gasteiger charge is -2.36. The number of nitrogens with one attached hydrogen (secondary N) is 1. The Morgan fingerprint density at radius 2 is 1.80 bits per heavy atom. The summed E-state index contributed by atoms with van der Waals surface area (Å²) in [6, 6.07) is 2.68. The van der Waals surface area contributed by atoms with Gasteiger partial charge in [0.2, 0.25) is 5.91 Å². The van der Waals surface area contributed by atoms with Gasteiger partial charge in [0, 0.05) is 30.9 Å². The molecule has 1 aliphatic heterocycles. The first-order valence-corrected chi connectivity index (χ1v) is 12.1. The van der Waals surface area contributed by atoms with Gasteiger partial charge in [0.1, 0.15) is 11.6 Å². The number of piperidine rings is 1. The predicted molar refractivity (Wildman–Crippen MR) is 118 cm³/mol. The molecule has 166 valence electrons. The summed E-state index contributed by atoms with van der Waals surface area (Å²) >= 11 is 0. The summed E-state index contributed by atoms with van der Waals surface area (Å²) in [6.07, 6.45) is 13.2. The lowest BCUT2D eigenvalue weighted by atomic mass is 9.82. The van der Waals surface area contributed by atoms with Gasteiger partial charge < -0.3 is 15.3 Å². The SMILES string of the molecule is Cc1nc(CC2CCN(C(=O)CC3(O)CCCCC3)CC2)cc(NC2CCCC2)n1. The first-order valence-electron chi connectivity index (χ1n) is 12.1. The number of amides is 1. The zero-order valence-electron chi connectivity index (χ0n) is 18.5. The van der Waals surface area contributed by atoms with E-state index in [1.165, 1.54) is 32.1 Å². The molecule has 3 fully saturated rings. The molecule has 4 rings (SSSR count). The topological polar surface area (TPSA) is 78.4 Å². The summed E-state index contributed by atoms with van der Waals surface area (Å²) in [5.41, 5.74) is 0.359. The number of aryl methyl sites for hydroxylation is 1. The highest BCUT2D eigenvalue weighted by molar-refractivity contribution is 5.77. The minimum atomic E-state index is -0.757. The first kappa shape index (κ1) is 21.5. The summed E-state index contributed by atoms with van der Waals surface area (Å²) in [5, 5.41) is 14.3. The zero-order valence-corrected chi connectivity index (χ0v) is 18.5. The van der Waals surface area contributed by atoms with E-state index in [2.05, 4.69) is 21.4 Å². The van der Waals surface area contributed by atoms with Crippen molar-refractivity contribution in [3.05, 3.63) is 17.6 Å². The second-order valence-corrected chi connectivity index (χ2v) is 9.91. The number of hydrogen-bond acceptors (Lipinski definition) is 5. The van der Waals surface area contributed by atoms with E-state index in [0.29, 0.717) is 18.4 Å². The van der Waals surface area contributed by atoms with Gasteiger partial charge in [0.25, 0.3) is 0 Å². The maximum Gasteiger partial charge on any atom is 0.225 e. The summed E-state index contributed by atoms with van der Waals surface area (Å²) in [6.45, 7) is 3.58. The van der Waals surface area contributed by atoms with E-state index < -0.39 is 5.60 Å². The van der Waals surface area contributed by atoms with Gasteiger partial charge in [-0.1, -0.05) is 32.1 Å². The van der Waals surface area contributed by atoms with Gasteiger partial charge in [-0.15, -0.1) is 0 Å². The highest BCUT2D eigenvalue weighted by Crippen LogP contribution is 2.32. The Kier molecular flexibility index (Phi) is 6.91. The van der Waals surface area contributed by atoms with Crippen molar-refractivity contribution in [1.29, 1.82) is 0 Å². The van der Waals surface area contributed by atoms with Gasteiger partial charge in [0.05, 0.1) is 12.0 Å². The largest absolute Gasteiger partial charge is 0.389 e. The Morgan fingerprint density at radius 3 is 2.50 bits per heavy atom. The molecule has 2 heterocycles. The number of anilines is 1. The molecule has 0 spiro atoms. The number of carbonyl (C=O) groups is 1. The average molecular weight is 415 g/mol. The molecule has 30 heavy (non-hydrogen) atoms. The Labute approximate surface area is 180 Å². The Hall–Kier alpha value is -1.69. The highest BCUT2D eigenvalue weighted by atomic mass is 16.3. The van der Waals surface area contributed by atoms with Gasteiger partial charge in [0.15, 0.2) is 0 Å². The normalized spacial score (nSPS) is 22.9. The lowest BCUT2D eigenvalue weighted by Crippen LogP contribution is -2.44. The standard InChI is InChI=1S/C24H38N4O2/c1-18-25-21(16-22(26-18)27-20-7-3-4-8-20)15-19-9-13-28(14-10-19)23(29)17-24(30)11-5-2-6-12-24/h16,19-20,30H,2-15,17H2,1H3,(H,25,26,27). The molecule has 0 radical (unpaired) electrons. The molecule has 0 atom stereocenters. The van der Waals surface area contributed by atoms with Crippen LogP contribution in [-0.4, -0.2) is 50.6 Å². The van der Waals surface area contributed by atoms with Crippen molar-refractivity contribution in [2.75, 3.05) is 18.4 Å². The number of carbonyl (C=O) groups excluding carboxylic acids is 1. The number of likely N-dealkylation sites (tertiary alicyclic amines) is 1. The average Bonchev–Trinajstić information content (AvgIpc) is 3.21. The maximum absolute atomic E-state index is 12.7. The van der Waals surface area contributed by atoms with Crippen molar-refractivity contribution in [3.8, 4) is 0 Å². The van der Waals surface area contributed by atoms with Gasteiger partial charge in [-0.3, -0.25) is 4.79 Å². The summed E-state index contributed by atoms with van der Waals surface area (Å²) in [4.78, 5) is 24.0. The van der Waals surface area contributed by atoms with Crippen LogP contribution in [0.2, 0.25) is 0 Å². The van der Waals surface area contributed by atoms with Crippen molar-refractivity contribution in [3.63, 3.8) is 0 Å². The smallest absolute Gasteiger partial charge is 0.225 e. The summed E-state index contributed by atoms with van der Waals surface area (Å²) in [5.74, 6) is 2.50. The molecule has 2 N–H and O–H groups in total. The van der Waals surface area contributed by atoms with Crippen LogP contribution >= 0.6 is 0 Å². The molecular formula is C24H38N4O2. The fourth-order valence-corrected chi connectivity index (χ4v) is 5.55. The molecular weight excluding hydrogens is 376 g/mol. The fraction of sp³-hybridized carbons (Fsp3) is 0.792. The summed E-state index contributed by atoms with van der Waals surface area (Å²) in [7, 11) is 0. The molecule has 0 aromatic carbocycles. The minimum Gasteiger partial charge on any atom is -0.389 e. The molecule has 1 amide bonds. The Bertz CT molecular complexity index is 718. The van der Waals surface area contributed by atoms with E-state index in [1.807, 2.05) is 11.8 Å². The first-order chi connectivity index (χ1) is 14.5. The third-order valence-electron chi connectivity index (χ3n) is 7.33. The van der Waals surface area contributed by atoms with E-state index >= 15 is 0 Å². The minimum absolute atomic E-state index is 0.138. The molecule has 6 heteroatoms. The van der Waals surface area contributed by atoms with Crippen molar-refractivity contribution in [2.24, 2.45) is 5.92 Å². The number of aromatic nitrogens is 2. The van der Waals surface area contributed by atoms with Crippen LogP contribution in [0.5, 0.6) is 0 Å². The second kappa shape index (κ2) is 9.63. The monoisotopic (exact) mass is 414 g/mol. The predicted octanol–water partition coefficient (Wildman–Crippen LogP) is 4.01. The molecule has 2 saturated carbocycles. The van der Waals surface area contributed by atoms with Crippen LogP contribution in [0.15, 0.2) is 6.07 Å². The third kappa shape index (κ3) is 5.71. The third-order valence-corrected chi connectivity index (χ3v) is 7.33. The highest BCUT2D eigenvalue weighted by Gasteiger charge is 2.34. The van der Waals surface area contributed by atoms with Crippen LogP contribution < -0.4 is 5.32 Å². The molecule has 6 nitrogen and oxygen atoms in total. The van der Waals surface area contributed by atoms with Gasteiger partial charge >= 0.3 is 0 Å². The number of aliphatic hydroxyl groups is 1. The van der Waals surface area contributed by atoms with E-state index in [0.717, 1.165) is 75.4 Å². The summed E-state index contributed by atoms with van der Waals surface area (Å²) < 4.78 is 0. The van der Waals surface area contributed by atoms with Crippen LogP contribution in [-0.2, 0) is 11.2 Å². The van der Waals surface area contributed by atoms with E-state index in [1.54, 1.807) is 0 Å². The van der Waals surface area contributed by atoms with Crippen molar-refractivity contribution >= 4 is 11.7 Å². The van der Waals surface area contributed by atoms with Crippen LogP contribution in [0.25, 0.3) is 0 Å². The van der Waals surface area contributed by atoms with Crippen LogP contribution in [0.3, 0.4) is 0 Å². The molecule has 0 unspecified atom stereocenters. The van der Waals surface area contributed by atoms with Crippen LogP contribution in [0, 0.1) is 12.8 Å². The van der Waals surface area contributed by atoms with Gasteiger partial charge in [-0.05, 0) is 57.8 Å². The number of nitrogens with zero attached hydrogens (tertiary/aromatic N) is 3. The number of hydrogen-bond donors (Lipinski definition) is 2. The van der Waals surface area contributed by atoms with Gasteiger partial charge in [-0.2, -0.15) is 0 Å². The van der Waals surface area contributed by atoms with Crippen molar-refractivity contribution in [2.45, 2.75) is 102 Å². The molecule has 1 aromatic rings. The lowest BCUT2D eigenvalue weighted by molar-refractivity contribution is -0.139. The molecule has 0 bridgehead atoms. The maximum atomic E-state index is 12.7. The Balaban J connectivity index is 1.27. The zero-order chi connectivity index (χ0) is 21.0. The van der Waals surface area contributed by atoms with Gasteiger partial charge in [-0.25, -0.2) is 9.97 Å². The molecule has 1 aromatic heterocycles. The van der Waals surface area contributed by atoms with Crippen molar-refractivity contribution in [1.82, 2.24) is 14.9 Å².